The van der Waals surface area contributed by atoms with Crippen LogP contribution in [0.15, 0.2) is 41.3 Å². The zero-order valence-electron chi connectivity index (χ0n) is 12.7. The van der Waals surface area contributed by atoms with E-state index in [9.17, 15) is 0 Å². The SMILES string of the molecule is Cc1cccc(SCC(N)c2cc(C)c(C)cc2C)c1. The molecule has 0 aliphatic heterocycles. The molecule has 0 amide bonds. The van der Waals surface area contributed by atoms with Gasteiger partial charge in [-0.25, -0.2) is 0 Å². The Bertz CT molecular complexity index is 604. The Hall–Kier alpha value is -1.25. The molecule has 0 aromatic heterocycles. The number of thioether (sulfide) groups is 1. The molecule has 0 aliphatic rings. The number of nitrogens with two attached hydrogens (primary N) is 1. The first kappa shape index (κ1) is 15.1. The largest absolute Gasteiger partial charge is 0.323 e. The van der Waals surface area contributed by atoms with E-state index < -0.39 is 0 Å². The molecule has 2 aromatic rings. The Labute approximate surface area is 126 Å². The molecular weight excluding hydrogens is 262 g/mol. The first-order valence-electron chi connectivity index (χ1n) is 7.00. The molecule has 1 unspecified atom stereocenters. The average molecular weight is 285 g/mol. The average Bonchev–Trinajstić information content (AvgIpc) is 2.40. The molecule has 2 heteroatoms. The van der Waals surface area contributed by atoms with Crippen LogP contribution in [0.3, 0.4) is 0 Å². The minimum atomic E-state index is 0.0832. The minimum absolute atomic E-state index is 0.0832. The Balaban J connectivity index is 2.09. The Morgan fingerprint density at radius 2 is 1.65 bits per heavy atom. The maximum Gasteiger partial charge on any atom is 0.0393 e. The van der Waals surface area contributed by atoms with Gasteiger partial charge in [0.2, 0.25) is 0 Å². The quantitative estimate of drug-likeness (QED) is 0.823. The van der Waals surface area contributed by atoms with Gasteiger partial charge >= 0.3 is 0 Å². The van der Waals surface area contributed by atoms with Gasteiger partial charge < -0.3 is 5.73 Å². The van der Waals surface area contributed by atoms with E-state index >= 15 is 0 Å². The predicted octanol–water partition coefficient (Wildman–Crippen LogP) is 4.71. The number of benzene rings is 2. The van der Waals surface area contributed by atoms with Crippen LogP contribution in [-0.2, 0) is 0 Å². The first-order valence-corrected chi connectivity index (χ1v) is 7.98. The topological polar surface area (TPSA) is 26.0 Å². The van der Waals surface area contributed by atoms with E-state index in [2.05, 4.69) is 64.1 Å². The molecule has 1 atom stereocenters. The molecule has 0 fully saturated rings. The summed E-state index contributed by atoms with van der Waals surface area (Å²) in [7, 11) is 0. The molecule has 20 heavy (non-hydrogen) atoms. The lowest BCUT2D eigenvalue weighted by Crippen LogP contribution is -2.15. The van der Waals surface area contributed by atoms with E-state index in [0.29, 0.717) is 0 Å². The van der Waals surface area contributed by atoms with Crippen molar-refractivity contribution in [1.82, 2.24) is 0 Å². The van der Waals surface area contributed by atoms with Crippen LogP contribution in [0.4, 0.5) is 0 Å². The van der Waals surface area contributed by atoms with E-state index in [1.807, 2.05) is 11.8 Å². The first-order chi connectivity index (χ1) is 9.47. The van der Waals surface area contributed by atoms with Crippen molar-refractivity contribution in [1.29, 1.82) is 0 Å². The fourth-order valence-electron chi connectivity index (χ4n) is 2.36. The van der Waals surface area contributed by atoms with Crippen molar-refractivity contribution in [3.8, 4) is 0 Å². The maximum atomic E-state index is 6.38. The molecule has 2 aromatic carbocycles. The van der Waals surface area contributed by atoms with Gasteiger partial charge in [0.05, 0.1) is 0 Å². The third kappa shape index (κ3) is 3.65. The van der Waals surface area contributed by atoms with Crippen LogP contribution in [0.1, 0.15) is 33.9 Å². The van der Waals surface area contributed by atoms with Crippen molar-refractivity contribution >= 4 is 11.8 Å². The molecule has 106 valence electrons. The normalized spacial score (nSPS) is 12.4. The third-order valence-corrected chi connectivity index (χ3v) is 4.81. The van der Waals surface area contributed by atoms with Gasteiger partial charge in [0.15, 0.2) is 0 Å². The van der Waals surface area contributed by atoms with Crippen LogP contribution in [-0.4, -0.2) is 5.75 Å². The highest BCUT2D eigenvalue weighted by Gasteiger charge is 2.11. The molecule has 0 saturated carbocycles. The number of aryl methyl sites for hydroxylation is 4. The van der Waals surface area contributed by atoms with Crippen molar-refractivity contribution in [2.75, 3.05) is 5.75 Å². The van der Waals surface area contributed by atoms with Crippen molar-refractivity contribution in [3.63, 3.8) is 0 Å². The molecule has 0 heterocycles. The van der Waals surface area contributed by atoms with E-state index in [-0.39, 0.29) is 6.04 Å². The predicted molar refractivity (Wildman–Crippen MR) is 89.5 cm³/mol. The van der Waals surface area contributed by atoms with E-state index in [4.69, 9.17) is 5.73 Å². The van der Waals surface area contributed by atoms with Crippen molar-refractivity contribution < 1.29 is 0 Å². The lowest BCUT2D eigenvalue weighted by molar-refractivity contribution is 0.820. The summed E-state index contributed by atoms with van der Waals surface area (Å²) in [6.07, 6.45) is 0. The molecule has 0 bridgehead atoms. The summed E-state index contributed by atoms with van der Waals surface area (Å²) >= 11 is 1.83. The summed E-state index contributed by atoms with van der Waals surface area (Å²) < 4.78 is 0. The second-order valence-electron chi connectivity index (χ2n) is 5.53. The highest BCUT2D eigenvalue weighted by molar-refractivity contribution is 7.99. The van der Waals surface area contributed by atoms with E-state index in [1.165, 1.54) is 32.7 Å². The van der Waals surface area contributed by atoms with Crippen molar-refractivity contribution in [2.45, 2.75) is 38.6 Å². The number of hydrogen-bond acceptors (Lipinski definition) is 2. The summed E-state index contributed by atoms with van der Waals surface area (Å²) in [4.78, 5) is 1.29. The smallest absolute Gasteiger partial charge is 0.0393 e. The third-order valence-electron chi connectivity index (χ3n) is 3.70. The van der Waals surface area contributed by atoms with Gasteiger partial charge in [-0.2, -0.15) is 0 Å². The molecule has 0 saturated heterocycles. The second kappa shape index (κ2) is 6.47. The summed E-state index contributed by atoms with van der Waals surface area (Å²) in [5.74, 6) is 0.910. The lowest BCUT2D eigenvalue weighted by atomic mass is 9.97. The Morgan fingerprint density at radius 1 is 0.950 bits per heavy atom. The van der Waals surface area contributed by atoms with Crippen LogP contribution in [0.25, 0.3) is 0 Å². The Morgan fingerprint density at radius 3 is 2.35 bits per heavy atom. The summed E-state index contributed by atoms with van der Waals surface area (Å²) in [5, 5.41) is 0. The zero-order valence-corrected chi connectivity index (χ0v) is 13.6. The molecule has 2 rings (SSSR count). The van der Waals surface area contributed by atoms with Gasteiger partial charge in [0, 0.05) is 16.7 Å². The van der Waals surface area contributed by atoms with E-state index in [1.54, 1.807) is 0 Å². The molecule has 0 aliphatic carbocycles. The number of rotatable bonds is 4. The second-order valence-corrected chi connectivity index (χ2v) is 6.62. The molecular formula is C18H23NS. The summed E-state index contributed by atoms with van der Waals surface area (Å²) in [6.45, 7) is 8.58. The summed E-state index contributed by atoms with van der Waals surface area (Å²) in [5.41, 5.74) is 12.9. The van der Waals surface area contributed by atoms with Crippen LogP contribution < -0.4 is 5.73 Å². The fourth-order valence-corrected chi connectivity index (χ4v) is 3.36. The lowest BCUT2D eigenvalue weighted by Gasteiger charge is -2.16. The van der Waals surface area contributed by atoms with Crippen molar-refractivity contribution in [2.24, 2.45) is 5.73 Å². The van der Waals surface area contributed by atoms with Gasteiger partial charge in [0.25, 0.3) is 0 Å². The number of hydrogen-bond donors (Lipinski definition) is 1. The van der Waals surface area contributed by atoms with Crippen LogP contribution in [0, 0.1) is 27.7 Å². The van der Waals surface area contributed by atoms with Gasteiger partial charge in [-0.1, -0.05) is 29.8 Å². The zero-order chi connectivity index (χ0) is 14.7. The minimum Gasteiger partial charge on any atom is -0.323 e. The van der Waals surface area contributed by atoms with Gasteiger partial charge in [-0.05, 0) is 62.1 Å². The van der Waals surface area contributed by atoms with Crippen molar-refractivity contribution in [3.05, 3.63) is 64.2 Å². The highest BCUT2D eigenvalue weighted by Crippen LogP contribution is 2.27. The maximum absolute atomic E-state index is 6.38. The van der Waals surface area contributed by atoms with E-state index in [0.717, 1.165) is 5.75 Å². The molecule has 0 spiro atoms. The highest BCUT2D eigenvalue weighted by atomic mass is 32.2. The molecule has 0 radical (unpaired) electrons. The van der Waals surface area contributed by atoms with Crippen LogP contribution in [0.2, 0.25) is 0 Å². The van der Waals surface area contributed by atoms with Crippen LogP contribution >= 0.6 is 11.8 Å². The Kier molecular flexibility index (Phi) is 4.90. The fraction of sp³-hybridized carbons (Fsp3) is 0.333. The molecule has 2 N–H and O–H groups in total. The van der Waals surface area contributed by atoms with Gasteiger partial charge in [-0.15, -0.1) is 11.8 Å². The van der Waals surface area contributed by atoms with Gasteiger partial charge in [0.1, 0.15) is 0 Å². The van der Waals surface area contributed by atoms with Crippen LogP contribution in [0.5, 0.6) is 0 Å². The monoisotopic (exact) mass is 285 g/mol. The molecule has 1 nitrogen and oxygen atoms in total. The summed E-state index contributed by atoms with van der Waals surface area (Å²) in [6, 6.07) is 13.2. The van der Waals surface area contributed by atoms with Gasteiger partial charge in [-0.3, -0.25) is 0 Å². The standard InChI is InChI=1S/C18H23NS/c1-12-6-5-7-16(8-12)20-11-18(19)17-10-14(3)13(2)9-15(17)4/h5-10,18H,11,19H2,1-4H3.